The van der Waals surface area contributed by atoms with Crippen LogP contribution in [0.1, 0.15) is 38.5 Å². The van der Waals surface area contributed by atoms with Crippen LogP contribution in [0.5, 0.6) is 0 Å². The summed E-state index contributed by atoms with van der Waals surface area (Å²) in [6.07, 6.45) is 8.46. The van der Waals surface area contributed by atoms with Crippen molar-refractivity contribution in [1.82, 2.24) is 10.2 Å². The molecule has 1 aromatic rings. The number of hydrogen-bond acceptors (Lipinski definition) is 4. The fraction of sp³-hybridized carbons (Fsp3) is 0.800. The normalized spacial score (nSPS) is 18.3. The summed E-state index contributed by atoms with van der Waals surface area (Å²) >= 11 is 1.58. The van der Waals surface area contributed by atoms with E-state index >= 15 is 0 Å². The Morgan fingerprint density at radius 1 is 1.36 bits per heavy atom. The summed E-state index contributed by atoms with van der Waals surface area (Å²) < 4.78 is 0. The maximum absolute atomic E-state index is 3.96. The third-order valence-corrected chi connectivity index (χ3v) is 3.56. The van der Waals surface area contributed by atoms with Crippen LogP contribution in [0.15, 0.2) is 5.51 Å². The van der Waals surface area contributed by atoms with Crippen molar-refractivity contribution in [2.45, 2.75) is 38.5 Å². The van der Waals surface area contributed by atoms with Crippen molar-refractivity contribution in [1.29, 1.82) is 0 Å². The summed E-state index contributed by atoms with van der Waals surface area (Å²) in [6.45, 7) is 1.06. The quantitative estimate of drug-likeness (QED) is 0.832. The topological polar surface area (TPSA) is 37.8 Å². The molecule has 0 saturated heterocycles. The van der Waals surface area contributed by atoms with Crippen LogP contribution in [-0.4, -0.2) is 16.7 Å². The van der Waals surface area contributed by atoms with Crippen LogP contribution < -0.4 is 5.32 Å². The van der Waals surface area contributed by atoms with Crippen molar-refractivity contribution in [3.8, 4) is 0 Å². The zero-order valence-corrected chi connectivity index (χ0v) is 9.22. The molecule has 3 nitrogen and oxygen atoms in total. The molecule has 1 heterocycles. The van der Waals surface area contributed by atoms with Crippen LogP contribution in [-0.2, 0) is 0 Å². The van der Waals surface area contributed by atoms with Crippen LogP contribution >= 0.6 is 11.3 Å². The second kappa shape index (κ2) is 5.29. The highest BCUT2D eigenvalue weighted by atomic mass is 32.1. The molecule has 14 heavy (non-hydrogen) atoms. The molecule has 0 unspecified atom stereocenters. The second-order valence-electron chi connectivity index (χ2n) is 3.96. The minimum absolute atomic E-state index is 0.948. The van der Waals surface area contributed by atoms with Gasteiger partial charge < -0.3 is 5.32 Å². The predicted molar refractivity (Wildman–Crippen MR) is 59.6 cm³/mol. The summed E-state index contributed by atoms with van der Waals surface area (Å²) in [5.74, 6) is 0.948. The van der Waals surface area contributed by atoms with Crippen molar-refractivity contribution in [2.75, 3.05) is 11.9 Å². The SMILES string of the molecule is c1nnc(NCCC2CCCCC2)s1. The summed E-state index contributed by atoms with van der Waals surface area (Å²) in [4.78, 5) is 0. The second-order valence-corrected chi connectivity index (χ2v) is 4.80. The van der Waals surface area contributed by atoms with Crippen LogP contribution in [0, 0.1) is 5.92 Å². The van der Waals surface area contributed by atoms with Gasteiger partial charge in [0.2, 0.25) is 5.13 Å². The van der Waals surface area contributed by atoms with Crippen LogP contribution in [0.4, 0.5) is 5.13 Å². The van der Waals surface area contributed by atoms with Gasteiger partial charge in [-0.1, -0.05) is 43.4 Å². The largest absolute Gasteiger partial charge is 0.360 e. The molecule has 1 N–H and O–H groups in total. The van der Waals surface area contributed by atoms with E-state index in [0.29, 0.717) is 0 Å². The molecule has 1 aromatic heterocycles. The highest BCUT2D eigenvalue weighted by Crippen LogP contribution is 2.26. The van der Waals surface area contributed by atoms with Gasteiger partial charge in [0.1, 0.15) is 5.51 Å². The Balaban J connectivity index is 1.62. The van der Waals surface area contributed by atoms with Crippen molar-refractivity contribution in [3.05, 3.63) is 5.51 Å². The molecule has 1 saturated carbocycles. The summed E-state index contributed by atoms with van der Waals surface area (Å²) in [5.41, 5.74) is 1.77. The zero-order chi connectivity index (χ0) is 9.64. The smallest absolute Gasteiger partial charge is 0.205 e. The van der Waals surface area contributed by atoms with E-state index in [2.05, 4.69) is 15.5 Å². The van der Waals surface area contributed by atoms with Crippen molar-refractivity contribution >= 4 is 16.5 Å². The first kappa shape index (κ1) is 9.90. The van der Waals surface area contributed by atoms with E-state index in [4.69, 9.17) is 0 Å². The standard InChI is InChI=1S/C10H17N3S/c1-2-4-9(5-3-1)6-7-11-10-13-12-8-14-10/h8-9H,1-7H2,(H,11,13). The van der Waals surface area contributed by atoms with Gasteiger partial charge in [0, 0.05) is 6.54 Å². The first-order chi connectivity index (χ1) is 6.95. The van der Waals surface area contributed by atoms with Crippen molar-refractivity contribution < 1.29 is 0 Å². The first-order valence-electron chi connectivity index (χ1n) is 5.45. The van der Waals surface area contributed by atoms with Gasteiger partial charge in [-0.25, -0.2) is 0 Å². The Morgan fingerprint density at radius 2 is 2.21 bits per heavy atom. The Bertz CT molecular complexity index is 242. The van der Waals surface area contributed by atoms with Gasteiger partial charge in [0.25, 0.3) is 0 Å². The van der Waals surface area contributed by atoms with Gasteiger partial charge in [-0.2, -0.15) is 0 Å². The number of anilines is 1. The summed E-state index contributed by atoms with van der Waals surface area (Å²) in [7, 11) is 0. The van der Waals surface area contributed by atoms with E-state index < -0.39 is 0 Å². The maximum atomic E-state index is 3.96. The molecule has 0 amide bonds. The molecule has 0 radical (unpaired) electrons. The lowest BCUT2D eigenvalue weighted by atomic mass is 9.87. The van der Waals surface area contributed by atoms with Gasteiger partial charge >= 0.3 is 0 Å². The lowest BCUT2D eigenvalue weighted by molar-refractivity contribution is 0.345. The Hall–Kier alpha value is -0.640. The van der Waals surface area contributed by atoms with E-state index in [9.17, 15) is 0 Å². The van der Waals surface area contributed by atoms with Crippen molar-refractivity contribution in [3.63, 3.8) is 0 Å². The summed E-state index contributed by atoms with van der Waals surface area (Å²) in [6, 6.07) is 0. The Morgan fingerprint density at radius 3 is 2.93 bits per heavy atom. The number of nitrogens with one attached hydrogen (secondary N) is 1. The molecule has 78 valence electrons. The highest BCUT2D eigenvalue weighted by Gasteiger charge is 2.12. The fourth-order valence-electron chi connectivity index (χ4n) is 2.11. The molecule has 4 heteroatoms. The van der Waals surface area contributed by atoms with Crippen molar-refractivity contribution in [2.24, 2.45) is 5.92 Å². The third kappa shape index (κ3) is 2.94. The minimum Gasteiger partial charge on any atom is -0.360 e. The van der Waals surface area contributed by atoms with Gasteiger partial charge in [0.15, 0.2) is 0 Å². The molecular formula is C10H17N3S. The molecule has 2 rings (SSSR count). The molecule has 1 aliphatic carbocycles. The van der Waals surface area contributed by atoms with Crippen LogP contribution in [0.25, 0.3) is 0 Å². The van der Waals surface area contributed by atoms with Gasteiger partial charge in [-0.15, -0.1) is 10.2 Å². The number of aromatic nitrogens is 2. The lowest BCUT2D eigenvalue weighted by Gasteiger charge is -2.21. The molecule has 1 aliphatic rings. The van der Waals surface area contributed by atoms with Gasteiger partial charge in [-0.3, -0.25) is 0 Å². The van der Waals surface area contributed by atoms with E-state index in [-0.39, 0.29) is 0 Å². The Labute approximate surface area is 88.9 Å². The fourth-order valence-corrected chi connectivity index (χ4v) is 2.58. The van der Waals surface area contributed by atoms with Gasteiger partial charge in [-0.05, 0) is 12.3 Å². The van der Waals surface area contributed by atoms with E-state index in [1.165, 1.54) is 38.5 Å². The molecule has 0 spiro atoms. The lowest BCUT2D eigenvalue weighted by Crippen LogP contribution is -2.12. The monoisotopic (exact) mass is 211 g/mol. The average molecular weight is 211 g/mol. The molecule has 0 aromatic carbocycles. The molecule has 1 fully saturated rings. The number of rotatable bonds is 4. The number of nitrogens with zero attached hydrogens (tertiary/aromatic N) is 2. The third-order valence-electron chi connectivity index (χ3n) is 2.91. The first-order valence-corrected chi connectivity index (χ1v) is 6.33. The zero-order valence-electron chi connectivity index (χ0n) is 8.41. The van der Waals surface area contributed by atoms with E-state index in [1.807, 2.05) is 0 Å². The summed E-state index contributed by atoms with van der Waals surface area (Å²) in [5, 5.41) is 12.0. The average Bonchev–Trinajstić information content (AvgIpc) is 2.72. The van der Waals surface area contributed by atoms with E-state index in [1.54, 1.807) is 16.8 Å². The van der Waals surface area contributed by atoms with E-state index in [0.717, 1.165) is 17.6 Å². The molecule has 0 bridgehead atoms. The highest BCUT2D eigenvalue weighted by molar-refractivity contribution is 7.13. The van der Waals surface area contributed by atoms with Gasteiger partial charge in [0.05, 0.1) is 0 Å². The van der Waals surface area contributed by atoms with Crippen LogP contribution in [0.2, 0.25) is 0 Å². The Kier molecular flexibility index (Phi) is 3.74. The predicted octanol–water partition coefficient (Wildman–Crippen LogP) is 2.92. The number of hydrogen-bond donors (Lipinski definition) is 1. The molecular weight excluding hydrogens is 194 g/mol. The molecule has 0 atom stereocenters. The minimum atomic E-state index is 0.948. The maximum Gasteiger partial charge on any atom is 0.205 e. The molecule has 0 aliphatic heterocycles. The van der Waals surface area contributed by atoms with Crippen LogP contribution in [0.3, 0.4) is 0 Å².